The maximum atomic E-state index is 6.87. The second-order valence-corrected chi connectivity index (χ2v) is 18.7. The van der Waals surface area contributed by atoms with Crippen LogP contribution in [0.15, 0.2) is 103 Å². The molecule has 0 aliphatic heterocycles. The van der Waals surface area contributed by atoms with Crippen LogP contribution in [0.3, 0.4) is 0 Å². The van der Waals surface area contributed by atoms with Crippen molar-refractivity contribution in [3.8, 4) is 0 Å². The predicted octanol–water partition coefficient (Wildman–Crippen LogP) is 7.24. The van der Waals surface area contributed by atoms with E-state index in [1.54, 1.807) is 0 Å². The molecule has 1 aliphatic carbocycles. The third kappa shape index (κ3) is 4.70. The molecule has 172 valence electrons. The summed E-state index contributed by atoms with van der Waals surface area (Å²) in [7, 11) is -1.89. The third-order valence-electron chi connectivity index (χ3n) is 7.24. The minimum absolute atomic E-state index is 0.190. The summed E-state index contributed by atoms with van der Waals surface area (Å²) in [6, 6.07) is 33.5. The van der Waals surface area contributed by atoms with Gasteiger partial charge in [-0.2, -0.15) is 0 Å². The van der Waals surface area contributed by atoms with Crippen LogP contribution in [0.1, 0.15) is 40.0 Å². The Morgan fingerprint density at radius 1 is 0.667 bits per heavy atom. The maximum Gasteiger partial charge on any atom is 0.250 e. The van der Waals surface area contributed by atoms with Gasteiger partial charge in [0.2, 0.25) is 8.32 Å². The van der Waals surface area contributed by atoms with E-state index < -0.39 is 15.2 Å². The lowest BCUT2D eigenvalue weighted by Gasteiger charge is -2.39. The second-order valence-electron chi connectivity index (χ2n) is 10.5. The standard InChI is InChI=1S/C30H37OPSi/c1-30(2,3)33(4,5)31-25-16-15-23-29(24-25)32(26-17-9-6-10-18-26,27-19-11-7-12-20-27)28-21-13-8-14-22-28/h6-14,17-22,24H,15-16,23H2,1-5H3. The maximum absolute atomic E-state index is 6.87. The largest absolute Gasteiger partial charge is 0.547 e. The van der Waals surface area contributed by atoms with E-state index in [4.69, 9.17) is 4.43 Å². The molecule has 0 heterocycles. The lowest BCUT2D eigenvalue weighted by atomic mass is 10.1. The highest BCUT2D eigenvalue weighted by Crippen LogP contribution is 2.49. The van der Waals surface area contributed by atoms with E-state index in [1.165, 1.54) is 27.0 Å². The number of benzene rings is 3. The first-order valence-corrected chi connectivity index (χ1v) is 16.8. The molecule has 1 aliphatic rings. The fourth-order valence-electron chi connectivity index (χ4n) is 4.50. The molecule has 0 saturated heterocycles. The molecule has 0 amide bonds. The van der Waals surface area contributed by atoms with E-state index in [1.807, 2.05) is 0 Å². The Labute approximate surface area is 201 Å². The number of rotatable bonds is 5. The lowest BCUT2D eigenvalue weighted by molar-refractivity contribution is 0.362. The van der Waals surface area contributed by atoms with Gasteiger partial charge in [-0.25, -0.2) is 0 Å². The zero-order chi connectivity index (χ0) is 23.5. The average Bonchev–Trinajstić information content (AvgIpc) is 2.81. The van der Waals surface area contributed by atoms with Crippen LogP contribution in [-0.4, -0.2) is 13.6 Å². The molecular weight excluding hydrogens is 435 g/mol. The van der Waals surface area contributed by atoms with Crippen LogP contribution in [0.4, 0.5) is 0 Å². The molecule has 3 heteroatoms. The molecule has 3 aromatic rings. The third-order valence-corrected chi connectivity index (χ3v) is 16.1. The van der Waals surface area contributed by atoms with Crippen LogP contribution in [0.2, 0.25) is 18.1 Å². The molecule has 1 nitrogen and oxygen atoms in total. The zero-order valence-corrected chi connectivity index (χ0v) is 22.6. The molecule has 0 unspecified atom stereocenters. The molecule has 0 fully saturated rings. The van der Waals surface area contributed by atoms with Gasteiger partial charge in [0.1, 0.15) is 0 Å². The minimum atomic E-state index is -2.00. The fraction of sp³-hybridized carbons (Fsp3) is 0.300. The monoisotopic (exact) mass is 472 g/mol. The first kappa shape index (κ1) is 23.9. The summed E-state index contributed by atoms with van der Waals surface area (Å²) in [6.45, 7) is 9.68. The van der Waals surface area contributed by atoms with Gasteiger partial charge in [-0.15, -0.1) is 0 Å². The molecule has 0 N–H and O–H groups in total. The lowest BCUT2D eigenvalue weighted by Crippen LogP contribution is -2.41. The topological polar surface area (TPSA) is 9.23 Å². The van der Waals surface area contributed by atoms with Crippen LogP contribution in [0.5, 0.6) is 0 Å². The smallest absolute Gasteiger partial charge is 0.250 e. The minimum Gasteiger partial charge on any atom is -0.547 e. The molecule has 0 atom stereocenters. The Hall–Kier alpha value is -2.28. The van der Waals surface area contributed by atoms with Crippen molar-refractivity contribution in [1.82, 2.24) is 0 Å². The Kier molecular flexibility index (Phi) is 6.89. The van der Waals surface area contributed by atoms with E-state index in [0.29, 0.717) is 0 Å². The summed E-state index contributed by atoms with van der Waals surface area (Å²) >= 11 is 0. The van der Waals surface area contributed by atoms with Gasteiger partial charge in [-0.05, 0) is 65.1 Å². The van der Waals surface area contributed by atoms with Gasteiger partial charge in [0, 0.05) is 6.42 Å². The Balaban J connectivity index is 2.04. The first-order valence-electron chi connectivity index (χ1n) is 12.1. The summed E-state index contributed by atoms with van der Waals surface area (Å²) in [5, 5.41) is 5.98. The molecule has 0 saturated carbocycles. The van der Waals surface area contributed by atoms with E-state index in [9.17, 15) is 0 Å². The SMILES string of the molecule is CC(C)(C)[Si](C)(C)OC1=CC(=P(c2ccccc2)(c2ccccc2)c2ccccc2)CCC1. The average molecular weight is 473 g/mol. The summed E-state index contributed by atoms with van der Waals surface area (Å²) in [5.74, 6) is 1.19. The molecule has 0 spiro atoms. The fourth-order valence-corrected chi connectivity index (χ4v) is 10.2. The van der Waals surface area contributed by atoms with Crippen molar-refractivity contribution in [2.75, 3.05) is 0 Å². The predicted molar refractivity (Wildman–Crippen MR) is 150 cm³/mol. The Morgan fingerprint density at radius 2 is 1.09 bits per heavy atom. The highest BCUT2D eigenvalue weighted by Gasteiger charge is 2.40. The van der Waals surface area contributed by atoms with Crippen molar-refractivity contribution in [2.24, 2.45) is 0 Å². The summed E-state index contributed by atoms with van der Waals surface area (Å²) in [6.07, 6.45) is 5.74. The molecule has 0 bridgehead atoms. The van der Waals surface area contributed by atoms with E-state index in [2.05, 4.69) is 131 Å². The van der Waals surface area contributed by atoms with Crippen molar-refractivity contribution in [3.05, 3.63) is 103 Å². The second kappa shape index (κ2) is 9.53. The van der Waals surface area contributed by atoms with Crippen LogP contribution in [0.25, 0.3) is 0 Å². The zero-order valence-electron chi connectivity index (χ0n) is 20.7. The summed E-state index contributed by atoms with van der Waals surface area (Å²) in [5.41, 5.74) is 0. The van der Waals surface area contributed by atoms with Crippen molar-refractivity contribution in [1.29, 1.82) is 0 Å². The van der Waals surface area contributed by atoms with Crippen molar-refractivity contribution < 1.29 is 4.43 Å². The van der Waals surface area contributed by atoms with Crippen LogP contribution < -0.4 is 15.9 Å². The molecule has 33 heavy (non-hydrogen) atoms. The first-order chi connectivity index (χ1) is 15.7. The molecule has 3 aromatic carbocycles. The molecule has 4 rings (SSSR count). The summed E-state index contributed by atoms with van der Waals surface area (Å²) < 4.78 is 6.87. The van der Waals surface area contributed by atoms with E-state index in [-0.39, 0.29) is 5.04 Å². The van der Waals surface area contributed by atoms with E-state index in [0.717, 1.165) is 19.3 Å². The quantitative estimate of drug-likeness (QED) is 0.281. The Morgan fingerprint density at radius 3 is 1.48 bits per heavy atom. The highest BCUT2D eigenvalue weighted by atomic mass is 31.2. The summed E-state index contributed by atoms with van der Waals surface area (Å²) in [4.78, 5) is 0. The van der Waals surface area contributed by atoms with Gasteiger partial charge in [0.05, 0.1) is 5.76 Å². The molecular formula is C30H37OPSi. The van der Waals surface area contributed by atoms with Gasteiger partial charge < -0.3 is 4.43 Å². The van der Waals surface area contributed by atoms with Crippen molar-refractivity contribution in [3.63, 3.8) is 0 Å². The number of hydrogen-bond donors (Lipinski definition) is 0. The molecule has 0 aromatic heterocycles. The van der Waals surface area contributed by atoms with Crippen LogP contribution in [-0.2, 0) is 4.43 Å². The number of hydrogen-bond acceptors (Lipinski definition) is 1. The van der Waals surface area contributed by atoms with Crippen LogP contribution >= 0.6 is 6.89 Å². The van der Waals surface area contributed by atoms with Gasteiger partial charge in [-0.1, -0.05) is 112 Å². The van der Waals surface area contributed by atoms with Gasteiger partial charge in [-0.3, -0.25) is 0 Å². The highest BCUT2D eigenvalue weighted by molar-refractivity contribution is 7.95. The Bertz CT molecular complexity index is 1050. The normalized spacial score (nSPS) is 15.2. The van der Waals surface area contributed by atoms with Crippen LogP contribution in [0, 0.1) is 0 Å². The van der Waals surface area contributed by atoms with Crippen molar-refractivity contribution >= 4 is 36.4 Å². The van der Waals surface area contributed by atoms with Crippen molar-refractivity contribution in [2.45, 2.75) is 58.2 Å². The van der Waals surface area contributed by atoms with Gasteiger partial charge >= 0.3 is 0 Å². The number of allylic oxidation sites excluding steroid dienone is 2. The molecule has 0 radical (unpaired) electrons. The van der Waals surface area contributed by atoms with E-state index >= 15 is 0 Å². The van der Waals surface area contributed by atoms with Gasteiger partial charge in [0.25, 0.3) is 0 Å². The van der Waals surface area contributed by atoms with Gasteiger partial charge in [0.15, 0.2) is 0 Å².